The first kappa shape index (κ1) is 16.2. The molecule has 2 aromatic rings. The lowest BCUT2D eigenvalue weighted by Crippen LogP contribution is -2.48. The van der Waals surface area contributed by atoms with E-state index in [4.69, 9.17) is 0 Å². The van der Waals surface area contributed by atoms with Crippen LogP contribution in [0.1, 0.15) is 23.0 Å². The van der Waals surface area contributed by atoms with Gasteiger partial charge in [-0.1, -0.05) is 6.92 Å². The average Bonchev–Trinajstić information content (AvgIpc) is 2.84. The van der Waals surface area contributed by atoms with Crippen molar-refractivity contribution in [2.75, 3.05) is 13.1 Å². The van der Waals surface area contributed by atoms with Crippen molar-refractivity contribution in [3.63, 3.8) is 0 Å². The van der Waals surface area contributed by atoms with Gasteiger partial charge in [-0.05, 0) is 55.1 Å². The van der Waals surface area contributed by atoms with Crippen LogP contribution in [0.2, 0.25) is 0 Å². The number of carbonyl (C=O) groups excluding carboxylic acids is 1. The molecule has 0 spiro atoms. The minimum atomic E-state index is -0.269. The Bertz CT molecular complexity index is 646. The fourth-order valence-corrected chi connectivity index (χ4v) is 3.54. The highest BCUT2D eigenvalue weighted by atomic mass is 35.5. The number of rotatable bonds is 2. The number of halogens is 2. The third-order valence-corrected chi connectivity index (χ3v) is 4.92. The van der Waals surface area contributed by atoms with Crippen LogP contribution in [0.5, 0.6) is 0 Å². The smallest absolute Gasteiger partial charge is 0.261 e. The molecule has 3 nitrogen and oxygen atoms in total. The normalized spacial score (nSPS) is 21.8. The second-order valence-corrected chi connectivity index (χ2v) is 6.43. The van der Waals surface area contributed by atoms with Gasteiger partial charge in [0.2, 0.25) is 0 Å². The van der Waals surface area contributed by atoms with Crippen LogP contribution in [0.4, 0.5) is 4.39 Å². The molecule has 0 saturated carbocycles. The van der Waals surface area contributed by atoms with Gasteiger partial charge in [0.25, 0.3) is 5.91 Å². The Morgan fingerprint density at radius 1 is 1.43 bits per heavy atom. The molecule has 1 aliphatic rings. The van der Waals surface area contributed by atoms with Gasteiger partial charge >= 0.3 is 0 Å². The molecule has 0 radical (unpaired) electrons. The number of piperidine rings is 1. The summed E-state index contributed by atoms with van der Waals surface area (Å²) in [7, 11) is 0. The minimum Gasteiger partial charge on any atom is -0.348 e. The van der Waals surface area contributed by atoms with Gasteiger partial charge in [0.05, 0.1) is 4.88 Å². The number of fused-ring (bicyclic) bond motifs is 1. The zero-order valence-electron chi connectivity index (χ0n) is 11.7. The number of amides is 1. The van der Waals surface area contributed by atoms with E-state index in [0.717, 1.165) is 29.6 Å². The molecule has 1 aromatic carbocycles. The van der Waals surface area contributed by atoms with Crippen LogP contribution in [0.3, 0.4) is 0 Å². The van der Waals surface area contributed by atoms with E-state index in [-0.39, 0.29) is 30.2 Å². The second kappa shape index (κ2) is 6.73. The largest absolute Gasteiger partial charge is 0.348 e. The maximum atomic E-state index is 13.2. The van der Waals surface area contributed by atoms with E-state index in [9.17, 15) is 9.18 Å². The SMILES string of the molecule is CC1CNCCC1NC(=O)c1cc2cc(F)ccc2s1.Cl. The van der Waals surface area contributed by atoms with Crippen molar-refractivity contribution >= 4 is 39.7 Å². The van der Waals surface area contributed by atoms with Crippen molar-refractivity contribution in [2.24, 2.45) is 5.92 Å². The lowest BCUT2D eigenvalue weighted by atomic mass is 9.95. The summed E-state index contributed by atoms with van der Waals surface area (Å²) >= 11 is 1.41. The molecule has 1 saturated heterocycles. The molecule has 2 unspecified atom stereocenters. The first-order valence-corrected chi connectivity index (χ1v) is 7.66. The highest BCUT2D eigenvalue weighted by molar-refractivity contribution is 7.20. The van der Waals surface area contributed by atoms with Gasteiger partial charge in [-0.2, -0.15) is 0 Å². The van der Waals surface area contributed by atoms with Gasteiger partial charge in [0, 0.05) is 10.7 Å². The average molecular weight is 329 g/mol. The molecule has 114 valence electrons. The number of carbonyl (C=O) groups is 1. The molecule has 1 aromatic heterocycles. The van der Waals surface area contributed by atoms with Crippen LogP contribution in [0.15, 0.2) is 24.3 Å². The van der Waals surface area contributed by atoms with Crippen molar-refractivity contribution in [1.82, 2.24) is 10.6 Å². The molecule has 2 atom stereocenters. The summed E-state index contributed by atoms with van der Waals surface area (Å²) < 4.78 is 14.1. The van der Waals surface area contributed by atoms with E-state index in [0.29, 0.717) is 10.8 Å². The summed E-state index contributed by atoms with van der Waals surface area (Å²) in [6.45, 7) is 4.01. The molecule has 1 aliphatic heterocycles. The molecule has 21 heavy (non-hydrogen) atoms. The van der Waals surface area contributed by atoms with Gasteiger partial charge in [-0.3, -0.25) is 4.79 Å². The Kier molecular flexibility index (Phi) is 5.19. The molecule has 1 amide bonds. The Balaban J connectivity index is 0.00000161. The summed E-state index contributed by atoms with van der Waals surface area (Å²) in [5, 5.41) is 7.20. The summed E-state index contributed by atoms with van der Waals surface area (Å²) in [5.74, 6) is 0.110. The number of hydrogen-bond acceptors (Lipinski definition) is 3. The van der Waals surface area contributed by atoms with Crippen LogP contribution in [-0.4, -0.2) is 25.0 Å². The van der Waals surface area contributed by atoms with Gasteiger partial charge < -0.3 is 10.6 Å². The third-order valence-electron chi connectivity index (χ3n) is 3.80. The van der Waals surface area contributed by atoms with Crippen LogP contribution in [0.25, 0.3) is 10.1 Å². The Morgan fingerprint density at radius 2 is 2.24 bits per heavy atom. The maximum absolute atomic E-state index is 13.2. The van der Waals surface area contributed by atoms with Crippen molar-refractivity contribution in [2.45, 2.75) is 19.4 Å². The first-order chi connectivity index (χ1) is 9.63. The molecular weight excluding hydrogens is 311 g/mol. The number of benzene rings is 1. The predicted molar refractivity (Wildman–Crippen MR) is 86.9 cm³/mol. The molecule has 0 bridgehead atoms. The molecule has 2 heterocycles. The van der Waals surface area contributed by atoms with Gasteiger partial charge in [0.15, 0.2) is 0 Å². The zero-order chi connectivity index (χ0) is 14.1. The van der Waals surface area contributed by atoms with E-state index < -0.39 is 0 Å². The van der Waals surface area contributed by atoms with Crippen molar-refractivity contribution in [1.29, 1.82) is 0 Å². The second-order valence-electron chi connectivity index (χ2n) is 5.34. The molecule has 0 aliphatic carbocycles. The van der Waals surface area contributed by atoms with E-state index in [1.807, 2.05) is 0 Å². The number of thiophene rings is 1. The summed E-state index contributed by atoms with van der Waals surface area (Å²) in [5.41, 5.74) is 0. The predicted octanol–water partition coefficient (Wildman–Crippen LogP) is 3.19. The summed E-state index contributed by atoms with van der Waals surface area (Å²) in [6.07, 6.45) is 0.951. The van der Waals surface area contributed by atoms with Gasteiger partial charge in [-0.25, -0.2) is 4.39 Å². The van der Waals surface area contributed by atoms with Crippen molar-refractivity contribution < 1.29 is 9.18 Å². The highest BCUT2D eigenvalue weighted by Crippen LogP contribution is 2.26. The molecule has 1 fully saturated rings. The number of hydrogen-bond donors (Lipinski definition) is 2. The Hall–Kier alpha value is -1.17. The van der Waals surface area contributed by atoms with Gasteiger partial charge in [-0.15, -0.1) is 23.7 Å². The molecule has 2 N–H and O–H groups in total. The summed E-state index contributed by atoms with van der Waals surface area (Å²) in [4.78, 5) is 12.9. The summed E-state index contributed by atoms with van der Waals surface area (Å²) in [6, 6.07) is 6.60. The lowest BCUT2D eigenvalue weighted by molar-refractivity contribution is 0.0918. The monoisotopic (exact) mass is 328 g/mol. The van der Waals surface area contributed by atoms with Crippen LogP contribution < -0.4 is 10.6 Å². The fourth-order valence-electron chi connectivity index (χ4n) is 2.59. The Morgan fingerprint density at radius 3 is 3.00 bits per heavy atom. The molecule has 3 rings (SSSR count). The van der Waals surface area contributed by atoms with Crippen LogP contribution >= 0.6 is 23.7 Å². The van der Waals surface area contributed by atoms with Crippen molar-refractivity contribution in [3.05, 3.63) is 35.0 Å². The number of nitrogens with one attached hydrogen (secondary N) is 2. The quantitative estimate of drug-likeness (QED) is 0.889. The Labute approximate surface area is 133 Å². The van der Waals surface area contributed by atoms with Gasteiger partial charge in [0.1, 0.15) is 5.82 Å². The maximum Gasteiger partial charge on any atom is 0.261 e. The van der Waals surface area contributed by atoms with Crippen LogP contribution in [-0.2, 0) is 0 Å². The van der Waals surface area contributed by atoms with Crippen LogP contribution in [0, 0.1) is 11.7 Å². The highest BCUT2D eigenvalue weighted by Gasteiger charge is 2.23. The zero-order valence-corrected chi connectivity index (χ0v) is 13.3. The van der Waals surface area contributed by atoms with Crippen molar-refractivity contribution in [3.8, 4) is 0 Å². The molecular formula is C15H18ClFN2OS. The van der Waals surface area contributed by atoms with E-state index in [1.165, 1.54) is 23.5 Å². The lowest BCUT2D eigenvalue weighted by Gasteiger charge is -2.30. The fraction of sp³-hybridized carbons (Fsp3) is 0.400. The van der Waals surface area contributed by atoms with E-state index >= 15 is 0 Å². The standard InChI is InChI=1S/C15H17FN2OS.ClH/c1-9-8-17-5-4-12(9)18-15(19)14-7-10-6-11(16)2-3-13(10)20-14;/h2-3,6-7,9,12,17H,4-5,8H2,1H3,(H,18,19);1H. The van der Waals surface area contributed by atoms with E-state index in [1.54, 1.807) is 12.1 Å². The topological polar surface area (TPSA) is 41.1 Å². The molecule has 6 heteroatoms. The third kappa shape index (κ3) is 3.54. The minimum absolute atomic E-state index is 0. The first-order valence-electron chi connectivity index (χ1n) is 6.84. The van der Waals surface area contributed by atoms with E-state index in [2.05, 4.69) is 17.6 Å².